The molecule has 0 aromatic carbocycles. The Morgan fingerprint density at radius 1 is 1.09 bits per heavy atom. The first-order chi connectivity index (χ1) is 16.8. The maximum Gasteiger partial charge on any atom is 0.394 e. The van der Waals surface area contributed by atoms with Crippen LogP contribution in [0, 0.1) is 18.3 Å². The van der Waals surface area contributed by atoms with E-state index in [9.17, 15) is 13.2 Å². The van der Waals surface area contributed by atoms with Gasteiger partial charge in [0.1, 0.15) is 5.52 Å². The lowest BCUT2D eigenvalue weighted by Crippen LogP contribution is -2.42. The molecular formula is C26H28F3N5O. The van der Waals surface area contributed by atoms with Gasteiger partial charge in [0, 0.05) is 42.1 Å². The third-order valence-electron chi connectivity index (χ3n) is 8.75. The normalized spacial score (nSPS) is 32.7. The van der Waals surface area contributed by atoms with E-state index in [-0.39, 0.29) is 43.1 Å². The van der Waals surface area contributed by atoms with E-state index in [1.54, 1.807) is 6.20 Å². The highest BCUT2D eigenvalue weighted by molar-refractivity contribution is 5.78. The Labute approximate surface area is 201 Å². The van der Waals surface area contributed by atoms with Gasteiger partial charge in [-0.15, -0.1) is 0 Å². The van der Waals surface area contributed by atoms with Gasteiger partial charge in [-0.3, -0.25) is 14.6 Å². The number of halogens is 3. The number of hydrogen-bond acceptors (Lipinski definition) is 5. The van der Waals surface area contributed by atoms with E-state index >= 15 is 0 Å². The average Bonchev–Trinajstić information content (AvgIpc) is 3.25. The molecule has 1 aliphatic heterocycles. The summed E-state index contributed by atoms with van der Waals surface area (Å²) in [4.78, 5) is 14.4. The Kier molecular flexibility index (Phi) is 4.64. The molecule has 0 unspecified atom stereocenters. The van der Waals surface area contributed by atoms with Crippen LogP contribution in [0.5, 0.6) is 0 Å². The van der Waals surface area contributed by atoms with Crippen LogP contribution in [0.15, 0.2) is 24.7 Å². The van der Waals surface area contributed by atoms with Crippen molar-refractivity contribution in [3.05, 3.63) is 47.3 Å². The Hall–Kier alpha value is -2.55. The maximum absolute atomic E-state index is 13.8. The van der Waals surface area contributed by atoms with Gasteiger partial charge in [-0.2, -0.15) is 18.3 Å². The second-order valence-corrected chi connectivity index (χ2v) is 11.1. The van der Waals surface area contributed by atoms with E-state index < -0.39 is 11.6 Å². The molecule has 8 rings (SSSR count). The lowest BCUT2D eigenvalue weighted by molar-refractivity contribution is -0.244. The van der Waals surface area contributed by atoms with Gasteiger partial charge in [0.2, 0.25) is 0 Å². The second-order valence-electron chi connectivity index (χ2n) is 11.1. The van der Waals surface area contributed by atoms with Crippen molar-refractivity contribution in [1.29, 1.82) is 0 Å². The molecule has 3 aromatic heterocycles. The summed E-state index contributed by atoms with van der Waals surface area (Å²) < 4.78 is 49.5. The minimum absolute atomic E-state index is 0.0152. The third-order valence-corrected chi connectivity index (χ3v) is 8.75. The number of hydrogen-bond donors (Lipinski definition) is 0. The van der Waals surface area contributed by atoms with Crippen molar-refractivity contribution >= 4 is 11.0 Å². The molecule has 184 valence electrons. The quantitative estimate of drug-likeness (QED) is 0.459. The molecule has 0 N–H and O–H groups in total. The number of aromatic nitrogens is 5. The molecule has 0 spiro atoms. The Bertz CT molecular complexity index is 1290. The second kappa shape index (κ2) is 7.48. The monoisotopic (exact) mass is 483 g/mol. The summed E-state index contributed by atoms with van der Waals surface area (Å²) >= 11 is 0. The predicted octanol–water partition coefficient (Wildman–Crippen LogP) is 5.95. The SMILES string of the molecule is Cc1cnc2c([C@@H]3CC4(C(F)(F)F)CC3C4)nc([C@@H]3CCO[C@@H](c4cnn(C5CC5)c4)C3)cc2n1. The van der Waals surface area contributed by atoms with Crippen molar-refractivity contribution in [2.75, 3.05) is 6.61 Å². The summed E-state index contributed by atoms with van der Waals surface area (Å²) in [6, 6.07) is 2.52. The third kappa shape index (κ3) is 3.49. The Morgan fingerprint density at radius 2 is 1.91 bits per heavy atom. The van der Waals surface area contributed by atoms with Gasteiger partial charge in [0.05, 0.1) is 40.7 Å². The topological polar surface area (TPSA) is 65.7 Å². The summed E-state index contributed by atoms with van der Waals surface area (Å²) in [6.45, 7) is 2.50. The van der Waals surface area contributed by atoms with E-state index in [0.29, 0.717) is 23.9 Å². The highest BCUT2D eigenvalue weighted by Gasteiger charge is 2.69. The zero-order valence-corrected chi connectivity index (χ0v) is 19.6. The average molecular weight is 484 g/mol. The van der Waals surface area contributed by atoms with Gasteiger partial charge < -0.3 is 4.74 Å². The number of rotatable bonds is 4. The summed E-state index contributed by atoms with van der Waals surface area (Å²) in [5.41, 5.74) is 3.34. The van der Waals surface area contributed by atoms with E-state index in [4.69, 9.17) is 14.7 Å². The number of alkyl halides is 3. The number of ether oxygens (including phenoxy) is 1. The fourth-order valence-electron chi connectivity index (χ4n) is 6.63. The summed E-state index contributed by atoms with van der Waals surface area (Å²) in [7, 11) is 0. The number of aryl methyl sites for hydroxylation is 1. The fourth-order valence-corrected chi connectivity index (χ4v) is 6.63. The van der Waals surface area contributed by atoms with Gasteiger partial charge in [-0.05, 0) is 63.9 Å². The molecule has 35 heavy (non-hydrogen) atoms. The minimum atomic E-state index is -4.16. The van der Waals surface area contributed by atoms with Crippen LogP contribution in [0.4, 0.5) is 13.2 Å². The summed E-state index contributed by atoms with van der Waals surface area (Å²) in [5.74, 6) is -0.0543. The summed E-state index contributed by atoms with van der Waals surface area (Å²) in [5, 5.41) is 4.52. The molecule has 0 amide bonds. The molecule has 1 saturated heterocycles. The zero-order valence-electron chi connectivity index (χ0n) is 19.6. The highest BCUT2D eigenvalue weighted by atomic mass is 19.4. The zero-order chi connectivity index (χ0) is 23.9. The molecule has 5 fully saturated rings. The van der Waals surface area contributed by atoms with Crippen LogP contribution in [0.2, 0.25) is 0 Å². The number of pyridine rings is 1. The van der Waals surface area contributed by atoms with Crippen molar-refractivity contribution in [3.8, 4) is 0 Å². The van der Waals surface area contributed by atoms with Crippen molar-refractivity contribution in [2.24, 2.45) is 11.3 Å². The molecule has 4 heterocycles. The van der Waals surface area contributed by atoms with E-state index in [1.807, 2.05) is 23.9 Å². The molecule has 4 saturated carbocycles. The van der Waals surface area contributed by atoms with Crippen molar-refractivity contribution < 1.29 is 17.9 Å². The predicted molar refractivity (Wildman–Crippen MR) is 122 cm³/mol. The molecular weight excluding hydrogens is 455 g/mol. The Morgan fingerprint density at radius 3 is 2.66 bits per heavy atom. The lowest BCUT2D eigenvalue weighted by atomic mass is 9.68. The lowest BCUT2D eigenvalue weighted by Gasteiger charge is -2.39. The van der Waals surface area contributed by atoms with Crippen LogP contribution >= 0.6 is 0 Å². The highest BCUT2D eigenvalue weighted by Crippen LogP contribution is 2.70. The molecule has 6 nitrogen and oxygen atoms in total. The van der Waals surface area contributed by atoms with Crippen molar-refractivity contribution in [1.82, 2.24) is 24.7 Å². The van der Waals surface area contributed by atoms with Gasteiger partial charge in [-0.25, -0.2) is 4.98 Å². The molecule has 9 heteroatoms. The largest absolute Gasteiger partial charge is 0.394 e. The first kappa shape index (κ1) is 21.7. The Balaban J connectivity index is 1.23. The van der Waals surface area contributed by atoms with Crippen LogP contribution < -0.4 is 0 Å². The van der Waals surface area contributed by atoms with Crippen LogP contribution in [0.25, 0.3) is 11.0 Å². The van der Waals surface area contributed by atoms with Crippen LogP contribution in [-0.2, 0) is 4.74 Å². The van der Waals surface area contributed by atoms with Crippen LogP contribution in [0.3, 0.4) is 0 Å². The van der Waals surface area contributed by atoms with E-state index in [2.05, 4.69) is 16.3 Å². The van der Waals surface area contributed by atoms with Crippen molar-refractivity contribution in [2.45, 2.75) is 82.0 Å². The number of nitrogens with zero attached hydrogens (tertiary/aromatic N) is 5. The van der Waals surface area contributed by atoms with Crippen LogP contribution in [-0.4, -0.2) is 37.5 Å². The van der Waals surface area contributed by atoms with Gasteiger partial charge in [0.15, 0.2) is 0 Å². The van der Waals surface area contributed by atoms with Crippen molar-refractivity contribution in [3.63, 3.8) is 0 Å². The molecule has 4 aliphatic carbocycles. The fraction of sp³-hybridized carbons (Fsp3) is 0.615. The first-order valence-electron chi connectivity index (χ1n) is 12.7. The molecule has 3 atom stereocenters. The smallest absolute Gasteiger partial charge is 0.373 e. The minimum Gasteiger partial charge on any atom is -0.373 e. The first-order valence-corrected chi connectivity index (χ1v) is 12.7. The molecule has 3 aromatic rings. The van der Waals surface area contributed by atoms with Gasteiger partial charge in [0.25, 0.3) is 0 Å². The molecule has 5 aliphatic rings. The standard InChI is InChI=1S/C26H28F3N5O/c1-14-11-30-24-21(32-14)7-20(33-23(24)19-10-25(26(27,28)29)8-16(19)9-25)15-4-5-35-22(6-15)17-12-31-34(13-17)18-2-3-18/h7,11-13,15-16,18-19,22H,2-6,8-10H2,1H3/t15-,16?,19-,22-,25?/m1/s1. The molecule has 0 radical (unpaired) electrons. The van der Waals surface area contributed by atoms with Crippen LogP contribution in [0.1, 0.15) is 91.6 Å². The maximum atomic E-state index is 13.8. The van der Waals surface area contributed by atoms with Gasteiger partial charge >= 0.3 is 6.18 Å². The van der Waals surface area contributed by atoms with E-state index in [0.717, 1.165) is 35.3 Å². The number of fused-ring (bicyclic) bond motifs is 2. The molecule has 2 bridgehead atoms. The van der Waals surface area contributed by atoms with E-state index in [1.165, 1.54) is 12.8 Å². The summed E-state index contributed by atoms with van der Waals surface area (Å²) in [6.07, 6.45) is 5.95. The van der Waals surface area contributed by atoms with Gasteiger partial charge in [-0.1, -0.05) is 0 Å².